The standard InChI is InChI=1S/C39H64N2O9/c1-7-31(43)28(4)36-32(48-36)25-38(5,46)18-10-12-26(2)35-27(3)15-16-33(39(6,47)19-17-30(42)24-34(44)50-35)49-37(45)41-21-11-20-40(22-23-41)29-13-8-9-14-29/h10,12,15-16,18,27-33,35-36,42-43,46-47H,7-9,11,13-14,17,19-25H2,1-6H3. The fraction of sp³-hybridized carbons (Fsp3) is 0.795. The van der Waals surface area contributed by atoms with E-state index >= 15 is 0 Å². The number of nitrogens with zero attached hydrogens (tertiary/aromatic N) is 2. The molecule has 4 rings (SSSR count). The smallest absolute Gasteiger partial charge is 0.410 e. The summed E-state index contributed by atoms with van der Waals surface area (Å²) in [4.78, 5) is 30.6. The fourth-order valence-electron chi connectivity index (χ4n) is 7.74. The van der Waals surface area contributed by atoms with Crippen LogP contribution in [-0.4, -0.2) is 122 Å². The van der Waals surface area contributed by atoms with Gasteiger partial charge in [-0.3, -0.25) is 9.69 Å². The van der Waals surface area contributed by atoms with Gasteiger partial charge in [-0.05, 0) is 70.9 Å². The van der Waals surface area contributed by atoms with Crippen LogP contribution in [0.25, 0.3) is 0 Å². The number of epoxide rings is 1. The van der Waals surface area contributed by atoms with Crippen molar-refractivity contribution in [3.63, 3.8) is 0 Å². The molecule has 11 nitrogen and oxygen atoms in total. The Kier molecular flexibility index (Phi) is 14.6. The third-order valence-corrected chi connectivity index (χ3v) is 11.2. The molecule has 3 aliphatic heterocycles. The molecule has 10 atom stereocenters. The van der Waals surface area contributed by atoms with E-state index in [9.17, 15) is 30.0 Å². The van der Waals surface area contributed by atoms with Crippen LogP contribution in [0.4, 0.5) is 4.79 Å². The summed E-state index contributed by atoms with van der Waals surface area (Å²) in [5.41, 5.74) is -1.93. The van der Waals surface area contributed by atoms with Gasteiger partial charge in [0.15, 0.2) is 6.10 Å². The largest absolute Gasteiger partial charge is 0.457 e. The fourth-order valence-corrected chi connectivity index (χ4v) is 7.74. The summed E-state index contributed by atoms with van der Waals surface area (Å²) < 4.78 is 17.7. The zero-order chi connectivity index (χ0) is 36.6. The van der Waals surface area contributed by atoms with Crippen LogP contribution < -0.4 is 0 Å². The van der Waals surface area contributed by atoms with Gasteiger partial charge < -0.3 is 39.5 Å². The number of rotatable bonds is 10. The van der Waals surface area contributed by atoms with Crippen molar-refractivity contribution in [1.82, 2.24) is 9.80 Å². The molecule has 0 aromatic carbocycles. The highest BCUT2D eigenvalue weighted by atomic mass is 16.6. The maximum absolute atomic E-state index is 13.5. The first-order valence-electron chi connectivity index (χ1n) is 19.0. The van der Waals surface area contributed by atoms with E-state index in [1.165, 1.54) is 25.7 Å². The van der Waals surface area contributed by atoms with E-state index in [-0.39, 0.29) is 43.3 Å². The molecule has 50 heavy (non-hydrogen) atoms. The van der Waals surface area contributed by atoms with E-state index < -0.39 is 47.7 Å². The SMILES string of the molecule is CCC(O)C(C)C1OC1CC(C)(O)C=CC=C(C)C1OC(=O)CC(O)CCC(C)(O)C(OC(=O)N2CCCN(C3CCCC3)CC2)C=CC1C. The predicted molar refractivity (Wildman–Crippen MR) is 191 cm³/mol. The number of ether oxygens (including phenoxy) is 3. The maximum Gasteiger partial charge on any atom is 0.410 e. The molecule has 4 N–H and O–H groups in total. The lowest BCUT2D eigenvalue weighted by Gasteiger charge is -2.34. The summed E-state index contributed by atoms with van der Waals surface area (Å²) in [7, 11) is 0. The highest BCUT2D eigenvalue weighted by Crippen LogP contribution is 2.37. The number of carbonyl (C=O) groups is 2. The first-order chi connectivity index (χ1) is 23.6. The van der Waals surface area contributed by atoms with E-state index in [2.05, 4.69) is 4.90 Å². The second-order valence-corrected chi connectivity index (χ2v) is 15.8. The van der Waals surface area contributed by atoms with Gasteiger partial charge in [-0.15, -0.1) is 0 Å². The van der Waals surface area contributed by atoms with E-state index in [0.29, 0.717) is 37.5 Å². The number of aliphatic hydroxyl groups excluding tert-OH is 2. The van der Waals surface area contributed by atoms with Crippen LogP contribution in [0.15, 0.2) is 36.0 Å². The van der Waals surface area contributed by atoms with Gasteiger partial charge >= 0.3 is 12.1 Å². The Morgan fingerprint density at radius 3 is 2.58 bits per heavy atom. The van der Waals surface area contributed by atoms with E-state index in [4.69, 9.17) is 14.2 Å². The Morgan fingerprint density at radius 2 is 1.88 bits per heavy atom. The highest BCUT2D eigenvalue weighted by molar-refractivity contribution is 5.70. The Labute approximate surface area is 299 Å². The minimum atomic E-state index is -1.48. The van der Waals surface area contributed by atoms with Crippen molar-refractivity contribution in [2.45, 2.75) is 160 Å². The summed E-state index contributed by atoms with van der Waals surface area (Å²) in [6.07, 6.45) is 11.7. The van der Waals surface area contributed by atoms with Gasteiger partial charge in [-0.1, -0.05) is 57.9 Å². The second-order valence-electron chi connectivity index (χ2n) is 15.8. The number of allylic oxidation sites excluding steroid dienone is 2. The average Bonchev–Trinajstić information content (AvgIpc) is 3.68. The predicted octanol–water partition coefficient (Wildman–Crippen LogP) is 4.66. The molecule has 1 saturated carbocycles. The zero-order valence-electron chi connectivity index (χ0n) is 31.2. The molecule has 2 saturated heterocycles. The van der Waals surface area contributed by atoms with Gasteiger partial charge in [-0.2, -0.15) is 0 Å². The molecule has 0 radical (unpaired) electrons. The van der Waals surface area contributed by atoms with Crippen molar-refractivity contribution in [3.8, 4) is 0 Å². The van der Waals surface area contributed by atoms with Crippen molar-refractivity contribution in [2.24, 2.45) is 11.8 Å². The second kappa shape index (κ2) is 18.0. The van der Waals surface area contributed by atoms with Crippen LogP contribution in [0.2, 0.25) is 0 Å². The Hall–Kier alpha value is -2.28. The molecule has 1 aliphatic carbocycles. The van der Waals surface area contributed by atoms with Crippen molar-refractivity contribution in [3.05, 3.63) is 36.0 Å². The van der Waals surface area contributed by atoms with E-state index in [0.717, 1.165) is 19.5 Å². The lowest BCUT2D eigenvalue weighted by atomic mass is 9.88. The Bertz CT molecular complexity index is 1210. The maximum atomic E-state index is 13.5. The number of hydrogen-bond donors (Lipinski definition) is 4. The summed E-state index contributed by atoms with van der Waals surface area (Å²) in [5.74, 6) is -0.935. The van der Waals surface area contributed by atoms with Gasteiger partial charge in [0.2, 0.25) is 0 Å². The molecule has 0 aromatic rings. The van der Waals surface area contributed by atoms with Crippen LogP contribution in [0.3, 0.4) is 0 Å². The van der Waals surface area contributed by atoms with Crippen molar-refractivity contribution in [2.75, 3.05) is 26.2 Å². The van der Waals surface area contributed by atoms with Crippen molar-refractivity contribution >= 4 is 12.1 Å². The molecule has 10 unspecified atom stereocenters. The normalized spacial score (nSPS) is 35.0. The minimum absolute atomic E-state index is 0.0101. The Morgan fingerprint density at radius 1 is 1.16 bits per heavy atom. The third kappa shape index (κ3) is 11.6. The van der Waals surface area contributed by atoms with Gasteiger partial charge in [0.05, 0.1) is 36.4 Å². The van der Waals surface area contributed by atoms with E-state index in [1.54, 1.807) is 49.1 Å². The molecular formula is C39H64N2O9. The molecule has 0 bridgehead atoms. The Balaban J connectivity index is 1.44. The molecule has 3 fully saturated rings. The summed E-state index contributed by atoms with van der Waals surface area (Å²) in [6, 6.07) is 0.595. The number of carbonyl (C=O) groups excluding carboxylic acids is 2. The van der Waals surface area contributed by atoms with Crippen LogP contribution >= 0.6 is 0 Å². The number of cyclic esters (lactones) is 1. The lowest BCUT2D eigenvalue weighted by molar-refractivity contribution is -0.151. The first-order valence-corrected chi connectivity index (χ1v) is 19.0. The van der Waals surface area contributed by atoms with Crippen LogP contribution in [-0.2, 0) is 19.0 Å². The number of aliphatic hydroxyl groups is 4. The highest BCUT2D eigenvalue weighted by Gasteiger charge is 2.47. The summed E-state index contributed by atoms with van der Waals surface area (Å²) >= 11 is 0. The number of hydrogen-bond acceptors (Lipinski definition) is 10. The monoisotopic (exact) mass is 704 g/mol. The summed E-state index contributed by atoms with van der Waals surface area (Å²) in [5, 5.41) is 43.4. The average molecular weight is 705 g/mol. The molecule has 1 amide bonds. The molecule has 0 spiro atoms. The zero-order valence-corrected chi connectivity index (χ0v) is 31.2. The quantitative estimate of drug-likeness (QED) is 0.109. The van der Waals surface area contributed by atoms with Gasteiger partial charge in [0.25, 0.3) is 0 Å². The van der Waals surface area contributed by atoms with Crippen molar-refractivity contribution < 1.29 is 44.2 Å². The minimum Gasteiger partial charge on any atom is -0.457 e. The number of amides is 1. The molecule has 284 valence electrons. The molecule has 4 aliphatic rings. The van der Waals surface area contributed by atoms with Crippen LogP contribution in [0.5, 0.6) is 0 Å². The van der Waals surface area contributed by atoms with Gasteiger partial charge in [0.1, 0.15) is 11.7 Å². The molecule has 0 aromatic heterocycles. The molecular weight excluding hydrogens is 640 g/mol. The van der Waals surface area contributed by atoms with Crippen LogP contribution in [0.1, 0.15) is 106 Å². The summed E-state index contributed by atoms with van der Waals surface area (Å²) in [6.45, 7) is 13.8. The first kappa shape index (κ1) is 40.5. The molecule has 11 heteroatoms. The van der Waals surface area contributed by atoms with Gasteiger partial charge in [-0.25, -0.2) is 4.79 Å². The molecule has 3 heterocycles. The van der Waals surface area contributed by atoms with Crippen LogP contribution in [0, 0.1) is 11.8 Å². The third-order valence-electron chi connectivity index (χ3n) is 11.2. The van der Waals surface area contributed by atoms with E-state index in [1.807, 2.05) is 27.7 Å². The number of esters is 1. The van der Waals surface area contributed by atoms with Gasteiger partial charge in [0, 0.05) is 50.5 Å². The van der Waals surface area contributed by atoms with Crippen molar-refractivity contribution in [1.29, 1.82) is 0 Å². The topological polar surface area (TPSA) is 153 Å². The lowest BCUT2D eigenvalue weighted by Crippen LogP contribution is -2.46.